The van der Waals surface area contributed by atoms with Crippen molar-refractivity contribution in [1.82, 2.24) is 24.5 Å². The topological polar surface area (TPSA) is 78.7 Å². The molecule has 1 aromatic carbocycles. The van der Waals surface area contributed by atoms with Crippen LogP contribution in [0.1, 0.15) is 16.3 Å². The maximum Gasteiger partial charge on any atom is 0.295 e. The standard InChI is InChI=1S/C18H20ClN7O/c1-12-5-6-20-18-22-16(23-26(12)18)17(27)21-14-11-13(19)3-4-15(14)25-9-7-24(2)8-10-25/h3-6,11H,7-10H2,1-2H3,(H,21,27). The lowest BCUT2D eigenvalue weighted by Crippen LogP contribution is -2.44. The number of anilines is 2. The summed E-state index contributed by atoms with van der Waals surface area (Å²) in [6.07, 6.45) is 1.64. The lowest BCUT2D eigenvalue weighted by atomic mass is 10.2. The minimum absolute atomic E-state index is 0.0705. The van der Waals surface area contributed by atoms with E-state index in [0.717, 1.165) is 37.6 Å². The van der Waals surface area contributed by atoms with Gasteiger partial charge in [0.25, 0.3) is 11.7 Å². The fraction of sp³-hybridized carbons (Fsp3) is 0.333. The summed E-state index contributed by atoms with van der Waals surface area (Å²) in [5, 5.41) is 7.73. The number of carbonyl (C=O) groups excluding carboxylic acids is 1. The lowest BCUT2D eigenvalue weighted by molar-refractivity contribution is 0.101. The van der Waals surface area contributed by atoms with Gasteiger partial charge in [-0.1, -0.05) is 11.6 Å². The predicted octanol–water partition coefficient (Wildman–Crippen LogP) is 2.09. The quantitative estimate of drug-likeness (QED) is 0.743. The molecule has 0 unspecified atom stereocenters. The summed E-state index contributed by atoms with van der Waals surface area (Å²) in [6, 6.07) is 7.34. The van der Waals surface area contributed by atoms with E-state index in [1.807, 2.05) is 25.1 Å². The number of amides is 1. The zero-order chi connectivity index (χ0) is 19.0. The number of aromatic nitrogens is 4. The number of piperazine rings is 1. The van der Waals surface area contributed by atoms with Crippen LogP contribution in [0.25, 0.3) is 5.78 Å². The van der Waals surface area contributed by atoms with Gasteiger partial charge in [0.15, 0.2) is 0 Å². The normalized spacial score (nSPS) is 15.3. The Morgan fingerprint density at radius 1 is 1.19 bits per heavy atom. The highest BCUT2D eigenvalue weighted by Crippen LogP contribution is 2.30. The summed E-state index contributed by atoms with van der Waals surface area (Å²) in [4.78, 5) is 25.6. The molecule has 1 saturated heterocycles. The van der Waals surface area contributed by atoms with Crippen molar-refractivity contribution in [2.24, 2.45) is 0 Å². The SMILES string of the molecule is Cc1ccnc2nc(C(=O)Nc3cc(Cl)ccc3N3CCN(C)CC3)nn12. The van der Waals surface area contributed by atoms with Gasteiger partial charge in [0.05, 0.1) is 11.4 Å². The van der Waals surface area contributed by atoms with E-state index in [4.69, 9.17) is 11.6 Å². The molecule has 1 fully saturated rings. The van der Waals surface area contributed by atoms with Crippen LogP contribution in [-0.2, 0) is 0 Å². The molecule has 0 aliphatic carbocycles. The Balaban J connectivity index is 1.62. The molecular formula is C18H20ClN7O. The fourth-order valence-corrected chi connectivity index (χ4v) is 3.28. The Kier molecular flexibility index (Phi) is 4.67. The molecule has 0 bridgehead atoms. The number of nitrogens with zero attached hydrogens (tertiary/aromatic N) is 6. The first-order chi connectivity index (χ1) is 13.0. The number of rotatable bonds is 3. The molecule has 8 nitrogen and oxygen atoms in total. The summed E-state index contributed by atoms with van der Waals surface area (Å²) in [6.45, 7) is 5.59. The number of aryl methyl sites for hydroxylation is 1. The van der Waals surface area contributed by atoms with Crippen molar-refractivity contribution in [1.29, 1.82) is 0 Å². The van der Waals surface area contributed by atoms with Gasteiger partial charge in [-0.2, -0.15) is 4.98 Å². The minimum atomic E-state index is -0.391. The van der Waals surface area contributed by atoms with Crippen molar-refractivity contribution in [3.05, 3.63) is 47.0 Å². The molecule has 27 heavy (non-hydrogen) atoms. The summed E-state index contributed by atoms with van der Waals surface area (Å²) in [7, 11) is 2.10. The first-order valence-corrected chi connectivity index (χ1v) is 9.12. The van der Waals surface area contributed by atoms with Gasteiger partial charge < -0.3 is 15.1 Å². The van der Waals surface area contributed by atoms with Gasteiger partial charge in [-0.25, -0.2) is 9.50 Å². The second-order valence-electron chi connectivity index (χ2n) is 6.64. The zero-order valence-corrected chi connectivity index (χ0v) is 15.9. The van der Waals surface area contributed by atoms with E-state index in [2.05, 4.69) is 37.2 Å². The molecular weight excluding hydrogens is 366 g/mol. The Morgan fingerprint density at radius 2 is 1.96 bits per heavy atom. The number of benzene rings is 1. The summed E-state index contributed by atoms with van der Waals surface area (Å²) in [5.41, 5.74) is 2.45. The Hall–Kier alpha value is -2.71. The molecule has 0 atom stereocenters. The average Bonchev–Trinajstić information content (AvgIpc) is 3.09. The van der Waals surface area contributed by atoms with Crippen LogP contribution in [0.4, 0.5) is 11.4 Å². The molecule has 1 aliphatic rings. The predicted molar refractivity (Wildman–Crippen MR) is 105 cm³/mol. The van der Waals surface area contributed by atoms with Crippen LogP contribution >= 0.6 is 11.6 Å². The largest absolute Gasteiger partial charge is 0.367 e. The minimum Gasteiger partial charge on any atom is -0.367 e. The van der Waals surface area contributed by atoms with Crippen molar-refractivity contribution in [2.75, 3.05) is 43.4 Å². The van der Waals surface area contributed by atoms with Gasteiger partial charge in [0, 0.05) is 43.1 Å². The maximum absolute atomic E-state index is 12.7. The Morgan fingerprint density at radius 3 is 2.70 bits per heavy atom. The third-order valence-electron chi connectivity index (χ3n) is 4.68. The van der Waals surface area contributed by atoms with Crippen molar-refractivity contribution in [2.45, 2.75) is 6.92 Å². The van der Waals surface area contributed by atoms with E-state index >= 15 is 0 Å². The second kappa shape index (κ2) is 7.13. The molecule has 0 saturated carbocycles. The second-order valence-corrected chi connectivity index (χ2v) is 7.08. The molecule has 9 heteroatoms. The number of halogens is 1. The first kappa shape index (κ1) is 17.7. The van der Waals surface area contributed by atoms with Gasteiger partial charge in [0.2, 0.25) is 5.82 Å². The van der Waals surface area contributed by atoms with Crippen LogP contribution in [-0.4, -0.2) is 63.6 Å². The smallest absolute Gasteiger partial charge is 0.295 e. The lowest BCUT2D eigenvalue weighted by Gasteiger charge is -2.35. The van der Waals surface area contributed by atoms with Crippen LogP contribution in [0, 0.1) is 6.92 Å². The van der Waals surface area contributed by atoms with Gasteiger partial charge >= 0.3 is 0 Å². The number of fused-ring (bicyclic) bond motifs is 1. The maximum atomic E-state index is 12.7. The molecule has 0 radical (unpaired) electrons. The van der Waals surface area contributed by atoms with Crippen molar-refractivity contribution in [3.8, 4) is 0 Å². The van der Waals surface area contributed by atoms with Crippen LogP contribution in [0.3, 0.4) is 0 Å². The van der Waals surface area contributed by atoms with E-state index in [9.17, 15) is 4.79 Å². The van der Waals surface area contributed by atoms with E-state index in [1.165, 1.54) is 0 Å². The summed E-state index contributed by atoms with van der Waals surface area (Å²) >= 11 is 6.17. The molecule has 1 N–H and O–H groups in total. The Bertz CT molecular complexity index is 995. The van der Waals surface area contributed by atoms with Gasteiger partial charge in [-0.3, -0.25) is 4.79 Å². The van der Waals surface area contributed by atoms with Crippen molar-refractivity contribution >= 4 is 34.7 Å². The molecule has 3 heterocycles. The number of nitrogens with one attached hydrogen (secondary N) is 1. The zero-order valence-electron chi connectivity index (χ0n) is 15.2. The van der Waals surface area contributed by atoms with Crippen molar-refractivity contribution in [3.63, 3.8) is 0 Å². The molecule has 0 spiro atoms. The van der Waals surface area contributed by atoms with Gasteiger partial charge in [0.1, 0.15) is 0 Å². The van der Waals surface area contributed by atoms with E-state index in [0.29, 0.717) is 16.5 Å². The first-order valence-electron chi connectivity index (χ1n) is 8.74. The van der Waals surface area contributed by atoms with Crippen LogP contribution in [0.2, 0.25) is 5.02 Å². The number of likely N-dealkylation sites (N-methyl/N-ethyl adjacent to an activating group) is 1. The monoisotopic (exact) mass is 385 g/mol. The summed E-state index contributed by atoms with van der Waals surface area (Å²) in [5.74, 6) is 0.0733. The molecule has 1 amide bonds. The summed E-state index contributed by atoms with van der Waals surface area (Å²) < 4.78 is 1.55. The highest BCUT2D eigenvalue weighted by Gasteiger charge is 2.20. The van der Waals surface area contributed by atoms with E-state index < -0.39 is 5.91 Å². The number of carbonyl (C=O) groups is 1. The van der Waals surface area contributed by atoms with E-state index in [1.54, 1.807) is 16.8 Å². The van der Waals surface area contributed by atoms with Crippen LogP contribution in [0.5, 0.6) is 0 Å². The molecule has 2 aromatic heterocycles. The molecule has 4 rings (SSSR count). The van der Waals surface area contributed by atoms with E-state index in [-0.39, 0.29) is 5.82 Å². The third-order valence-corrected chi connectivity index (χ3v) is 4.92. The van der Waals surface area contributed by atoms with Gasteiger partial charge in [-0.05, 0) is 38.2 Å². The van der Waals surface area contributed by atoms with Crippen LogP contribution in [0.15, 0.2) is 30.5 Å². The highest BCUT2D eigenvalue weighted by molar-refractivity contribution is 6.31. The third kappa shape index (κ3) is 3.58. The Labute approximate surface area is 161 Å². The van der Waals surface area contributed by atoms with Gasteiger partial charge in [-0.15, -0.1) is 5.10 Å². The fourth-order valence-electron chi connectivity index (χ4n) is 3.11. The van der Waals surface area contributed by atoms with Crippen LogP contribution < -0.4 is 10.2 Å². The number of hydrogen-bond donors (Lipinski definition) is 1. The average molecular weight is 386 g/mol. The molecule has 1 aliphatic heterocycles. The molecule has 140 valence electrons. The van der Waals surface area contributed by atoms with Crippen molar-refractivity contribution < 1.29 is 4.79 Å². The highest BCUT2D eigenvalue weighted by atomic mass is 35.5. The number of hydrogen-bond acceptors (Lipinski definition) is 6. The molecule has 3 aromatic rings.